The van der Waals surface area contributed by atoms with Gasteiger partial charge in [0.05, 0.1) is 0 Å². The molecule has 0 atom stereocenters. The van der Waals surface area contributed by atoms with Crippen LogP contribution in [-0.4, -0.2) is 5.78 Å². The van der Waals surface area contributed by atoms with Crippen LogP contribution in [0.5, 0.6) is 0 Å². The largest absolute Gasteiger partial charge is 0.294 e. The van der Waals surface area contributed by atoms with Gasteiger partial charge in [-0.2, -0.15) is 0 Å². The minimum absolute atomic E-state index is 0.00410. The van der Waals surface area contributed by atoms with Crippen molar-refractivity contribution >= 4 is 16.9 Å². The van der Waals surface area contributed by atoms with Crippen molar-refractivity contribution in [3.8, 4) is 0 Å². The molecule has 0 heterocycles. The summed E-state index contributed by atoms with van der Waals surface area (Å²) >= 11 is 0. The number of carbonyl (C=O) groups excluding carboxylic acids is 1. The predicted molar refractivity (Wildman–Crippen MR) is 85.9 cm³/mol. The molecule has 0 aliphatic heterocycles. The van der Waals surface area contributed by atoms with Crippen LogP contribution in [0.15, 0.2) is 48.5 Å². The number of hydrogen-bond donors (Lipinski definition) is 0. The standard InChI is InChI=1S/C20H18O/c1-20(2)12-14-8-4-5-9-15(14)18-17(21)11-13-7-3-6-10-16(13)19(18)20/h3-10H,11-12H2,1-2H3. The number of ketones is 1. The quantitative estimate of drug-likeness (QED) is 0.700. The molecule has 2 aliphatic rings. The van der Waals surface area contributed by atoms with E-state index in [1.807, 2.05) is 12.1 Å². The van der Waals surface area contributed by atoms with Gasteiger partial charge in [-0.3, -0.25) is 4.79 Å². The lowest BCUT2D eigenvalue weighted by Crippen LogP contribution is -2.29. The first-order valence-electron chi connectivity index (χ1n) is 7.52. The predicted octanol–water partition coefficient (Wildman–Crippen LogP) is 4.30. The Hall–Kier alpha value is -2.15. The summed E-state index contributed by atoms with van der Waals surface area (Å²) in [7, 11) is 0. The summed E-state index contributed by atoms with van der Waals surface area (Å²) in [6.45, 7) is 4.52. The van der Waals surface area contributed by atoms with Crippen molar-refractivity contribution < 1.29 is 4.79 Å². The maximum atomic E-state index is 12.8. The molecule has 0 spiro atoms. The zero-order valence-electron chi connectivity index (χ0n) is 12.4. The molecule has 0 radical (unpaired) electrons. The highest BCUT2D eigenvalue weighted by atomic mass is 16.1. The number of Topliss-reactive ketones (excluding diaryl/α,β-unsaturated/α-hetero) is 1. The lowest BCUT2D eigenvalue weighted by Gasteiger charge is -2.39. The number of fused-ring (bicyclic) bond motifs is 4. The molecule has 0 saturated carbocycles. The van der Waals surface area contributed by atoms with Crippen LogP contribution in [-0.2, 0) is 17.6 Å². The van der Waals surface area contributed by atoms with Crippen molar-refractivity contribution in [1.82, 2.24) is 0 Å². The van der Waals surface area contributed by atoms with Gasteiger partial charge in [0, 0.05) is 12.0 Å². The Balaban J connectivity index is 2.10. The SMILES string of the molecule is CC1(C)Cc2ccccc2C2=C1c1ccccc1CC2=O. The number of benzene rings is 2. The molecule has 2 aliphatic carbocycles. The van der Waals surface area contributed by atoms with E-state index in [0.717, 1.165) is 17.6 Å². The van der Waals surface area contributed by atoms with E-state index in [1.165, 1.54) is 22.3 Å². The van der Waals surface area contributed by atoms with Gasteiger partial charge in [0.1, 0.15) is 0 Å². The van der Waals surface area contributed by atoms with Gasteiger partial charge in [-0.25, -0.2) is 0 Å². The van der Waals surface area contributed by atoms with E-state index in [2.05, 4.69) is 50.2 Å². The summed E-state index contributed by atoms with van der Waals surface area (Å²) in [5, 5.41) is 0. The van der Waals surface area contributed by atoms with Crippen molar-refractivity contribution in [3.05, 3.63) is 70.8 Å². The third kappa shape index (κ3) is 1.73. The molecule has 0 unspecified atom stereocenters. The molecule has 104 valence electrons. The van der Waals surface area contributed by atoms with E-state index in [0.29, 0.717) is 6.42 Å². The van der Waals surface area contributed by atoms with Gasteiger partial charge < -0.3 is 0 Å². The van der Waals surface area contributed by atoms with Crippen LogP contribution in [0.2, 0.25) is 0 Å². The number of carbonyl (C=O) groups is 1. The lowest BCUT2D eigenvalue weighted by molar-refractivity contribution is -0.113. The van der Waals surface area contributed by atoms with Crippen molar-refractivity contribution in [3.63, 3.8) is 0 Å². The van der Waals surface area contributed by atoms with Gasteiger partial charge in [-0.1, -0.05) is 62.4 Å². The average molecular weight is 274 g/mol. The first-order chi connectivity index (χ1) is 10.1. The molecule has 21 heavy (non-hydrogen) atoms. The molecule has 0 bridgehead atoms. The molecule has 0 fully saturated rings. The Bertz CT molecular complexity index is 793. The topological polar surface area (TPSA) is 17.1 Å². The normalized spacial score (nSPS) is 18.9. The fourth-order valence-corrected chi connectivity index (χ4v) is 3.92. The Labute approximate surface area is 125 Å². The number of hydrogen-bond acceptors (Lipinski definition) is 1. The Morgan fingerprint density at radius 3 is 2.24 bits per heavy atom. The molecule has 0 amide bonds. The van der Waals surface area contributed by atoms with E-state index in [9.17, 15) is 4.79 Å². The second-order valence-corrected chi connectivity index (χ2v) is 6.72. The zero-order chi connectivity index (χ0) is 14.6. The molecule has 1 nitrogen and oxygen atoms in total. The molecule has 0 saturated heterocycles. The van der Waals surface area contributed by atoms with Crippen LogP contribution in [0.3, 0.4) is 0 Å². The van der Waals surface area contributed by atoms with Crippen molar-refractivity contribution in [1.29, 1.82) is 0 Å². The Kier molecular flexibility index (Phi) is 2.50. The van der Waals surface area contributed by atoms with E-state index < -0.39 is 0 Å². The summed E-state index contributed by atoms with van der Waals surface area (Å²) < 4.78 is 0. The summed E-state index contributed by atoms with van der Waals surface area (Å²) in [5.74, 6) is 0.268. The molecule has 0 N–H and O–H groups in total. The first-order valence-corrected chi connectivity index (χ1v) is 7.52. The molecule has 0 aromatic heterocycles. The first kappa shape index (κ1) is 12.6. The maximum Gasteiger partial charge on any atom is 0.168 e. The fourth-order valence-electron chi connectivity index (χ4n) is 3.92. The highest BCUT2D eigenvalue weighted by Gasteiger charge is 2.39. The molecular formula is C20H18O. The van der Waals surface area contributed by atoms with E-state index in [-0.39, 0.29) is 11.2 Å². The van der Waals surface area contributed by atoms with Gasteiger partial charge in [0.2, 0.25) is 0 Å². The minimum atomic E-state index is -0.00410. The third-order valence-corrected chi connectivity index (χ3v) is 4.76. The van der Waals surface area contributed by atoms with Crippen LogP contribution in [0.1, 0.15) is 36.1 Å². The van der Waals surface area contributed by atoms with Gasteiger partial charge in [0.25, 0.3) is 0 Å². The average Bonchev–Trinajstić information content (AvgIpc) is 2.46. The zero-order valence-corrected chi connectivity index (χ0v) is 12.4. The van der Waals surface area contributed by atoms with Crippen molar-refractivity contribution in [2.24, 2.45) is 5.41 Å². The second kappa shape index (κ2) is 4.17. The third-order valence-electron chi connectivity index (χ3n) is 4.76. The van der Waals surface area contributed by atoms with Crippen LogP contribution in [0.4, 0.5) is 0 Å². The molecule has 1 heteroatoms. The van der Waals surface area contributed by atoms with E-state index in [4.69, 9.17) is 0 Å². The number of allylic oxidation sites excluding steroid dienone is 2. The summed E-state index contributed by atoms with van der Waals surface area (Å²) in [6.07, 6.45) is 1.52. The van der Waals surface area contributed by atoms with Gasteiger partial charge >= 0.3 is 0 Å². The van der Waals surface area contributed by atoms with Crippen LogP contribution < -0.4 is 0 Å². The van der Waals surface area contributed by atoms with Crippen LogP contribution >= 0.6 is 0 Å². The summed E-state index contributed by atoms with van der Waals surface area (Å²) in [4.78, 5) is 12.8. The lowest BCUT2D eigenvalue weighted by atomic mass is 9.64. The van der Waals surface area contributed by atoms with Gasteiger partial charge in [0.15, 0.2) is 5.78 Å². The summed E-state index contributed by atoms with van der Waals surface area (Å²) in [5.41, 5.74) is 7.09. The smallest absolute Gasteiger partial charge is 0.168 e. The highest BCUT2D eigenvalue weighted by molar-refractivity contribution is 6.31. The fraction of sp³-hybridized carbons (Fsp3) is 0.250. The monoisotopic (exact) mass is 274 g/mol. The van der Waals surface area contributed by atoms with Crippen molar-refractivity contribution in [2.45, 2.75) is 26.7 Å². The Morgan fingerprint density at radius 1 is 0.857 bits per heavy atom. The van der Waals surface area contributed by atoms with Gasteiger partial charge in [-0.15, -0.1) is 0 Å². The second-order valence-electron chi connectivity index (χ2n) is 6.72. The van der Waals surface area contributed by atoms with E-state index in [1.54, 1.807) is 0 Å². The highest BCUT2D eigenvalue weighted by Crippen LogP contribution is 2.50. The van der Waals surface area contributed by atoms with Crippen LogP contribution in [0.25, 0.3) is 11.1 Å². The maximum absolute atomic E-state index is 12.8. The number of rotatable bonds is 0. The molecular weight excluding hydrogens is 256 g/mol. The Morgan fingerprint density at radius 2 is 1.48 bits per heavy atom. The van der Waals surface area contributed by atoms with Crippen LogP contribution in [0, 0.1) is 5.41 Å². The van der Waals surface area contributed by atoms with Gasteiger partial charge in [-0.05, 0) is 39.7 Å². The molecule has 4 rings (SSSR count). The molecule has 2 aromatic carbocycles. The van der Waals surface area contributed by atoms with E-state index >= 15 is 0 Å². The summed E-state index contributed by atoms with van der Waals surface area (Å²) in [6, 6.07) is 16.7. The minimum Gasteiger partial charge on any atom is -0.294 e. The molecule has 2 aromatic rings. The van der Waals surface area contributed by atoms with Crippen molar-refractivity contribution in [2.75, 3.05) is 0 Å².